The van der Waals surface area contributed by atoms with Crippen molar-refractivity contribution in [2.24, 2.45) is 34.5 Å². The topological polar surface area (TPSA) is 145 Å². The van der Waals surface area contributed by atoms with Gasteiger partial charge in [-0.2, -0.15) is 0 Å². The Morgan fingerprint density at radius 3 is 2.38 bits per heavy atom. The minimum Gasteiger partial charge on any atom is -0.484 e. The first-order chi connectivity index (χ1) is 21.5. The van der Waals surface area contributed by atoms with Gasteiger partial charge in [0, 0.05) is 35.4 Å². The lowest BCUT2D eigenvalue weighted by Crippen LogP contribution is -2.71. The van der Waals surface area contributed by atoms with Crippen LogP contribution in [0.15, 0.2) is 39.8 Å². The molecule has 0 radical (unpaired) electrons. The maximum absolute atomic E-state index is 13.4. The van der Waals surface area contributed by atoms with Crippen molar-refractivity contribution in [2.75, 3.05) is 6.61 Å². The minimum atomic E-state index is -1.29. The Labute approximate surface area is 263 Å². The monoisotopic (exact) mass is 623 g/mol. The van der Waals surface area contributed by atoms with E-state index < -0.39 is 46.3 Å². The van der Waals surface area contributed by atoms with Gasteiger partial charge >= 0.3 is 17.6 Å². The number of pyridine rings is 1. The summed E-state index contributed by atoms with van der Waals surface area (Å²) in [6, 6.07) is 5.06. The van der Waals surface area contributed by atoms with Gasteiger partial charge < -0.3 is 28.8 Å². The summed E-state index contributed by atoms with van der Waals surface area (Å²) in [5.74, 6) is -1.26. The van der Waals surface area contributed by atoms with E-state index in [4.69, 9.17) is 18.6 Å². The number of carbonyl (C=O) groups excluding carboxylic acids is 2. The van der Waals surface area contributed by atoms with Crippen LogP contribution < -0.4 is 10.4 Å². The molecule has 1 aliphatic heterocycles. The lowest BCUT2D eigenvalue weighted by molar-refractivity contribution is -0.267. The van der Waals surface area contributed by atoms with Gasteiger partial charge in [-0.15, -0.1) is 0 Å². The molecule has 8 atom stereocenters. The number of esters is 2. The number of hydrogen-bond acceptors (Lipinski definition) is 10. The van der Waals surface area contributed by atoms with Crippen LogP contribution in [0.1, 0.15) is 91.2 Å². The number of aromatic nitrogens is 1. The third-order valence-electron chi connectivity index (χ3n) is 11.2. The smallest absolute Gasteiger partial charge is 0.345 e. The van der Waals surface area contributed by atoms with Crippen LogP contribution in [0.3, 0.4) is 0 Å². The predicted octanol–water partition coefficient (Wildman–Crippen LogP) is 4.99. The first-order valence-electron chi connectivity index (χ1n) is 16.5. The summed E-state index contributed by atoms with van der Waals surface area (Å²) in [7, 11) is 0. The van der Waals surface area contributed by atoms with Gasteiger partial charge in [-0.1, -0.05) is 27.7 Å². The Morgan fingerprint density at radius 2 is 1.73 bits per heavy atom. The van der Waals surface area contributed by atoms with Gasteiger partial charge in [0.05, 0.1) is 24.0 Å². The quantitative estimate of drug-likeness (QED) is 0.422. The van der Waals surface area contributed by atoms with Crippen molar-refractivity contribution in [1.82, 2.24) is 4.98 Å². The van der Waals surface area contributed by atoms with Crippen molar-refractivity contribution >= 4 is 11.9 Å². The second-order valence-corrected chi connectivity index (χ2v) is 14.1. The van der Waals surface area contributed by atoms with Crippen molar-refractivity contribution in [3.05, 3.63) is 46.6 Å². The highest BCUT2D eigenvalue weighted by atomic mass is 16.6. The fourth-order valence-corrected chi connectivity index (χ4v) is 8.45. The fourth-order valence-electron chi connectivity index (χ4n) is 8.45. The molecule has 3 heterocycles. The second kappa shape index (κ2) is 11.5. The molecule has 2 aromatic rings. The summed E-state index contributed by atoms with van der Waals surface area (Å²) in [5, 5.41) is 23.8. The number of rotatable bonds is 6. The SMILES string of the molecule is CC.CC12CCC(OC(=O)C3CC3)[C@](C)(COC(=O)C3CC3)C1CC(O)C1(C)Oc3cc(-c4cccnc4)oc(=O)c3C(O)C21. The number of hydrogen-bond donors (Lipinski definition) is 2. The molecule has 10 nitrogen and oxygen atoms in total. The van der Waals surface area contributed by atoms with Gasteiger partial charge in [-0.3, -0.25) is 14.6 Å². The molecule has 244 valence electrons. The van der Waals surface area contributed by atoms with Crippen LogP contribution in [0, 0.1) is 34.5 Å². The van der Waals surface area contributed by atoms with Gasteiger partial charge in [0.15, 0.2) is 0 Å². The Balaban J connectivity index is 0.00000175. The molecular weight excluding hydrogens is 578 g/mol. The summed E-state index contributed by atoms with van der Waals surface area (Å²) >= 11 is 0. The molecule has 0 aromatic carbocycles. The zero-order chi connectivity index (χ0) is 32.3. The van der Waals surface area contributed by atoms with E-state index in [1.165, 1.54) is 0 Å². The number of aliphatic hydroxyl groups excluding tert-OH is 2. The van der Waals surface area contributed by atoms with Gasteiger partial charge in [0.1, 0.15) is 35.4 Å². The molecule has 4 fully saturated rings. The lowest BCUT2D eigenvalue weighted by atomic mass is 9.42. The molecule has 10 heteroatoms. The molecule has 45 heavy (non-hydrogen) atoms. The van der Waals surface area contributed by atoms with Crippen molar-refractivity contribution in [2.45, 2.75) is 103 Å². The number of fused-ring (bicyclic) bond motifs is 4. The number of ether oxygens (including phenoxy) is 3. The van der Waals surface area contributed by atoms with E-state index in [2.05, 4.69) is 11.9 Å². The molecule has 4 saturated carbocycles. The van der Waals surface area contributed by atoms with Crippen LogP contribution in [0.25, 0.3) is 11.3 Å². The van der Waals surface area contributed by atoms with Crippen LogP contribution >= 0.6 is 0 Å². The highest BCUT2D eigenvalue weighted by Crippen LogP contribution is 2.67. The van der Waals surface area contributed by atoms with E-state index in [0.29, 0.717) is 18.4 Å². The van der Waals surface area contributed by atoms with E-state index >= 15 is 0 Å². The first kappa shape index (κ1) is 31.7. The summed E-state index contributed by atoms with van der Waals surface area (Å²) in [5.41, 5.74) is -2.85. The molecule has 7 rings (SSSR count). The van der Waals surface area contributed by atoms with E-state index in [1.54, 1.807) is 37.5 Å². The molecule has 0 saturated heterocycles. The van der Waals surface area contributed by atoms with Crippen LogP contribution in [0.5, 0.6) is 5.75 Å². The number of aliphatic hydroxyl groups is 2. The summed E-state index contributed by atoms with van der Waals surface area (Å²) in [4.78, 5) is 43.1. The second-order valence-electron chi connectivity index (χ2n) is 14.1. The van der Waals surface area contributed by atoms with E-state index in [1.807, 2.05) is 20.8 Å². The number of nitrogens with zero attached hydrogens (tertiary/aromatic N) is 1. The van der Waals surface area contributed by atoms with Crippen LogP contribution in [0.4, 0.5) is 0 Å². The summed E-state index contributed by atoms with van der Waals surface area (Å²) < 4.78 is 24.2. The van der Waals surface area contributed by atoms with Crippen molar-refractivity contribution in [1.29, 1.82) is 0 Å². The van der Waals surface area contributed by atoms with Gasteiger partial charge in [-0.05, 0) is 75.3 Å². The van der Waals surface area contributed by atoms with Crippen LogP contribution in [0.2, 0.25) is 0 Å². The predicted molar refractivity (Wildman–Crippen MR) is 163 cm³/mol. The van der Waals surface area contributed by atoms with Crippen molar-refractivity contribution in [3.63, 3.8) is 0 Å². The van der Waals surface area contributed by atoms with Crippen molar-refractivity contribution in [3.8, 4) is 17.1 Å². The van der Waals surface area contributed by atoms with E-state index in [-0.39, 0.29) is 59.8 Å². The number of carbonyl (C=O) groups is 2. The van der Waals surface area contributed by atoms with Crippen molar-refractivity contribution < 1.29 is 38.4 Å². The molecule has 0 amide bonds. The van der Waals surface area contributed by atoms with Gasteiger partial charge in [-0.25, -0.2) is 4.79 Å². The Kier molecular flexibility index (Phi) is 8.13. The lowest BCUT2D eigenvalue weighted by Gasteiger charge is -2.66. The molecule has 0 spiro atoms. The van der Waals surface area contributed by atoms with Crippen LogP contribution in [-0.4, -0.2) is 51.6 Å². The zero-order valence-electron chi connectivity index (χ0n) is 26.8. The standard InChI is InChI=1S/C33H39NO9.C2H6/c1-31-11-10-24(42-29(38)18-8-9-18)32(2,16-40-28(37)17-6-7-17)22(31)14-23(35)33(3)27(31)26(36)25-21(43-33)13-20(41-30(25)39)19-5-4-12-34-15-19;1-2/h4-5,12-13,15,17-18,22-24,26-27,35-36H,6-11,14,16H2,1-3H3;1-2H3/t22?,23?,24?,26?,27?,31?,32-,33?;/m1./s1. The Morgan fingerprint density at radius 1 is 1.04 bits per heavy atom. The molecule has 5 aliphatic rings. The highest BCUT2D eigenvalue weighted by molar-refractivity contribution is 5.75. The molecule has 4 aliphatic carbocycles. The molecule has 2 N–H and O–H groups in total. The highest BCUT2D eigenvalue weighted by Gasteiger charge is 2.70. The first-order valence-corrected chi connectivity index (χ1v) is 16.5. The third-order valence-corrected chi connectivity index (χ3v) is 11.2. The average molecular weight is 624 g/mol. The fraction of sp³-hybridized carbons (Fsp3) is 0.657. The third kappa shape index (κ3) is 5.27. The van der Waals surface area contributed by atoms with E-state index in [0.717, 1.165) is 25.7 Å². The van der Waals surface area contributed by atoms with Gasteiger partial charge in [0.2, 0.25) is 0 Å². The minimum absolute atomic E-state index is 0.0216. The molecule has 2 aromatic heterocycles. The average Bonchev–Trinajstić information content (AvgIpc) is 3.93. The maximum atomic E-state index is 13.4. The largest absolute Gasteiger partial charge is 0.484 e. The zero-order valence-corrected chi connectivity index (χ0v) is 26.8. The Bertz CT molecular complexity index is 1500. The maximum Gasteiger partial charge on any atom is 0.345 e. The van der Waals surface area contributed by atoms with Gasteiger partial charge in [0.25, 0.3) is 0 Å². The van der Waals surface area contributed by atoms with E-state index in [9.17, 15) is 24.6 Å². The summed E-state index contributed by atoms with van der Waals surface area (Å²) in [6.45, 7) is 9.84. The molecule has 0 bridgehead atoms. The molecule has 7 unspecified atom stereocenters. The van der Waals surface area contributed by atoms with Crippen LogP contribution in [-0.2, 0) is 19.1 Å². The normalized spacial score (nSPS) is 36.6. The molecular formula is C35H45NO9. The summed E-state index contributed by atoms with van der Waals surface area (Å²) in [6.07, 6.45) is 4.89. The Hall–Kier alpha value is -3.24.